The number of fused-ring (bicyclic) bond motifs is 14. The van der Waals surface area contributed by atoms with Gasteiger partial charge in [-0.3, -0.25) is 0 Å². The monoisotopic (exact) mass is 746 g/mol. The van der Waals surface area contributed by atoms with Crippen LogP contribution in [0.25, 0.3) is 131 Å². The van der Waals surface area contributed by atoms with E-state index in [1.54, 1.807) is 0 Å². The summed E-state index contributed by atoms with van der Waals surface area (Å²) in [6, 6.07) is 75.8. The lowest BCUT2D eigenvalue weighted by Crippen LogP contribution is -1.91. The molecule has 0 amide bonds. The van der Waals surface area contributed by atoms with Crippen LogP contribution in [0.2, 0.25) is 0 Å². The summed E-state index contributed by atoms with van der Waals surface area (Å²) >= 11 is 0. The molecule has 12 aromatic carbocycles. The topological polar surface area (TPSA) is 13.1 Å². The van der Waals surface area contributed by atoms with Gasteiger partial charge in [0.15, 0.2) is 0 Å². The summed E-state index contributed by atoms with van der Waals surface area (Å²) in [5.41, 5.74) is 9.25. The zero-order valence-electron chi connectivity index (χ0n) is 32.0. The molecule has 0 spiro atoms. The molecule has 1 nitrogen and oxygen atoms in total. The molecule has 0 saturated carbocycles. The van der Waals surface area contributed by atoms with E-state index in [4.69, 9.17) is 4.42 Å². The predicted octanol–water partition coefficient (Wildman–Crippen LogP) is 16.7. The summed E-state index contributed by atoms with van der Waals surface area (Å²) in [5, 5.41) is 19.6. The van der Waals surface area contributed by atoms with Crippen molar-refractivity contribution >= 4 is 97.3 Å². The third-order valence-corrected chi connectivity index (χ3v) is 12.8. The molecule has 0 N–H and O–H groups in total. The Morgan fingerprint density at radius 1 is 0.237 bits per heavy atom. The van der Waals surface area contributed by atoms with Gasteiger partial charge in [-0.2, -0.15) is 0 Å². The van der Waals surface area contributed by atoms with E-state index in [-0.39, 0.29) is 0 Å². The fourth-order valence-electron chi connectivity index (χ4n) is 10.2. The highest BCUT2D eigenvalue weighted by molar-refractivity contribution is 6.29. The van der Waals surface area contributed by atoms with Gasteiger partial charge in [-0.1, -0.05) is 170 Å². The maximum Gasteiger partial charge on any atom is 0.143 e. The maximum absolute atomic E-state index is 6.85. The molecule has 13 aromatic rings. The Bertz CT molecular complexity index is 3840. The highest BCUT2D eigenvalue weighted by Gasteiger charge is 2.19. The summed E-state index contributed by atoms with van der Waals surface area (Å²) < 4.78 is 6.85. The largest absolute Gasteiger partial charge is 0.455 e. The summed E-state index contributed by atoms with van der Waals surface area (Å²) in [5.74, 6) is 0. The summed E-state index contributed by atoms with van der Waals surface area (Å²) in [6.45, 7) is 0. The van der Waals surface area contributed by atoms with Crippen LogP contribution >= 0.6 is 0 Å². The van der Waals surface area contributed by atoms with E-state index in [2.05, 4.69) is 206 Å². The highest BCUT2D eigenvalue weighted by Crippen LogP contribution is 2.46. The first-order valence-corrected chi connectivity index (χ1v) is 20.4. The maximum atomic E-state index is 6.85. The Kier molecular flexibility index (Phi) is 6.79. The van der Waals surface area contributed by atoms with E-state index in [9.17, 15) is 0 Å². The third kappa shape index (κ3) is 4.73. The van der Waals surface area contributed by atoms with Crippen molar-refractivity contribution in [3.8, 4) is 33.4 Å². The molecular weight excluding hydrogens is 713 g/mol. The second-order valence-electron chi connectivity index (χ2n) is 15.9. The van der Waals surface area contributed by atoms with Crippen LogP contribution in [0.5, 0.6) is 0 Å². The average Bonchev–Trinajstić information content (AvgIpc) is 3.68. The van der Waals surface area contributed by atoms with E-state index in [0.29, 0.717) is 0 Å². The molecule has 272 valence electrons. The van der Waals surface area contributed by atoms with Gasteiger partial charge in [0, 0.05) is 16.2 Å². The molecule has 59 heavy (non-hydrogen) atoms. The first kappa shape index (κ1) is 32.4. The van der Waals surface area contributed by atoms with Crippen molar-refractivity contribution in [3.05, 3.63) is 206 Å². The van der Waals surface area contributed by atoms with Crippen LogP contribution in [0.4, 0.5) is 0 Å². The van der Waals surface area contributed by atoms with Crippen LogP contribution in [0.3, 0.4) is 0 Å². The summed E-state index contributed by atoms with van der Waals surface area (Å²) in [6.07, 6.45) is 0. The molecule has 0 radical (unpaired) electrons. The molecule has 1 heterocycles. The van der Waals surface area contributed by atoms with Crippen LogP contribution in [0, 0.1) is 0 Å². The van der Waals surface area contributed by atoms with Crippen LogP contribution < -0.4 is 0 Å². The molecule has 0 atom stereocenters. The normalized spacial score (nSPS) is 12.1. The van der Waals surface area contributed by atoms with Crippen LogP contribution in [-0.4, -0.2) is 0 Å². The van der Waals surface area contributed by atoms with E-state index in [1.165, 1.54) is 98.0 Å². The van der Waals surface area contributed by atoms with Crippen LogP contribution in [-0.2, 0) is 0 Å². The zero-order chi connectivity index (χ0) is 38.6. The molecule has 13 rings (SSSR count). The Labute approximate surface area is 340 Å². The number of furan rings is 1. The molecule has 0 aliphatic carbocycles. The van der Waals surface area contributed by atoms with Gasteiger partial charge in [0.25, 0.3) is 0 Å². The van der Waals surface area contributed by atoms with E-state index in [1.807, 2.05) is 0 Å². The summed E-state index contributed by atoms with van der Waals surface area (Å²) in [7, 11) is 0. The second kappa shape index (κ2) is 12.4. The van der Waals surface area contributed by atoms with Crippen molar-refractivity contribution in [1.29, 1.82) is 0 Å². The zero-order valence-corrected chi connectivity index (χ0v) is 32.0. The lowest BCUT2D eigenvalue weighted by Gasteiger charge is -2.18. The van der Waals surface area contributed by atoms with Crippen molar-refractivity contribution < 1.29 is 4.42 Å². The fraction of sp³-hybridized carbons (Fsp3) is 0. The third-order valence-electron chi connectivity index (χ3n) is 12.8. The smallest absolute Gasteiger partial charge is 0.143 e. The first-order valence-electron chi connectivity index (χ1n) is 20.4. The lowest BCUT2D eigenvalue weighted by molar-refractivity contribution is 0.673. The Hall–Kier alpha value is -7.74. The van der Waals surface area contributed by atoms with Gasteiger partial charge in [0.2, 0.25) is 0 Å². The molecule has 1 heteroatoms. The number of hydrogen-bond acceptors (Lipinski definition) is 1. The number of rotatable bonds is 3. The first-order chi connectivity index (χ1) is 29.3. The lowest BCUT2D eigenvalue weighted by atomic mass is 9.85. The fourth-order valence-corrected chi connectivity index (χ4v) is 10.2. The van der Waals surface area contributed by atoms with E-state index in [0.717, 1.165) is 32.7 Å². The van der Waals surface area contributed by atoms with Crippen molar-refractivity contribution in [3.63, 3.8) is 0 Å². The van der Waals surface area contributed by atoms with Gasteiger partial charge in [-0.25, -0.2) is 0 Å². The number of benzene rings is 12. The quantitative estimate of drug-likeness (QED) is 0.130. The van der Waals surface area contributed by atoms with Crippen LogP contribution in [0.1, 0.15) is 0 Å². The van der Waals surface area contributed by atoms with Crippen LogP contribution in [0.15, 0.2) is 211 Å². The molecular formula is C58H34O. The van der Waals surface area contributed by atoms with Gasteiger partial charge in [-0.15, -0.1) is 0 Å². The molecule has 1 aromatic heterocycles. The molecule has 0 unspecified atom stereocenters. The average molecular weight is 747 g/mol. The predicted molar refractivity (Wildman–Crippen MR) is 253 cm³/mol. The minimum Gasteiger partial charge on any atom is -0.455 e. The Morgan fingerprint density at radius 2 is 0.729 bits per heavy atom. The second-order valence-corrected chi connectivity index (χ2v) is 15.9. The minimum atomic E-state index is 0.918. The van der Waals surface area contributed by atoms with E-state index < -0.39 is 0 Å². The van der Waals surface area contributed by atoms with Crippen molar-refractivity contribution in [1.82, 2.24) is 0 Å². The van der Waals surface area contributed by atoms with Gasteiger partial charge in [0.1, 0.15) is 11.2 Å². The van der Waals surface area contributed by atoms with Gasteiger partial charge < -0.3 is 4.42 Å². The molecule has 0 saturated heterocycles. The molecule has 0 bridgehead atoms. The standard InChI is InChI=1S/C58H34O/c1-2-17-40-35(13-1)14-12-26-41(40)36-15-11-16-38(31-36)56-47-22-7-9-24-49(47)57(50-25-10-8-23-48(50)56)39-28-29-42-37(32-39)27-30-51-54-33-52-45-20-5-3-18-43(45)44-19-4-6-21-46(44)53(52)34-55(54)59-58(42)51/h1-34H. The summed E-state index contributed by atoms with van der Waals surface area (Å²) in [4.78, 5) is 0. The van der Waals surface area contributed by atoms with Gasteiger partial charge in [-0.05, 0) is 140 Å². The molecule has 0 aliphatic heterocycles. The van der Waals surface area contributed by atoms with Gasteiger partial charge in [0.05, 0.1) is 0 Å². The minimum absolute atomic E-state index is 0.918. The Balaban J connectivity index is 1.01. The SMILES string of the molecule is c1cc(-c2cccc3ccccc23)cc(-c2c3ccccc3c(-c3ccc4c(ccc5c6cc7c8ccccc8c8ccccc8c7cc6oc45)c3)c3ccccc23)c1. The highest BCUT2D eigenvalue weighted by atomic mass is 16.3. The van der Waals surface area contributed by atoms with Crippen molar-refractivity contribution in [2.45, 2.75) is 0 Å². The van der Waals surface area contributed by atoms with E-state index >= 15 is 0 Å². The van der Waals surface area contributed by atoms with Crippen molar-refractivity contribution in [2.24, 2.45) is 0 Å². The van der Waals surface area contributed by atoms with Crippen molar-refractivity contribution in [2.75, 3.05) is 0 Å². The Morgan fingerprint density at radius 3 is 1.39 bits per heavy atom. The number of hydrogen-bond donors (Lipinski definition) is 0. The van der Waals surface area contributed by atoms with Gasteiger partial charge >= 0.3 is 0 Å². The molecule has 0 aliphatic rings. The molecule has 0 fully saturated rings.